The highest BCUT2D eigenvalue weighted by molar-refractivity contribution is 6.36. The Morgan fingerprint density at radius 1 is 0.966 bits per heavy atom. The van der Waals surface area contributed by atoms with E-state index in [1.165, 1.54) is 0 Å². The van der Waals surface area contributed by atoms with Gasteiger partial charge in [-0.2, -0.15) is 0 Å². The molecule has 146 valence electrons. The molecule has 0 aliphatic heterocycles. The maximum absolute atomic E-state index is 10.9. The summed E-state index contributed by atoms with van der Waals surface area (Å²) in [6, 6.07) is 20.3. The molecule has 2 N–H and O–H groups in total. The molecule has 1 aromatic heterocycles. The predicted molar refractivity (Wildman–Crippen MR) is 112 cm³/mol. The summed E-state index contributed by atoms with van der Waals surface area (Å²) in [6.45, 7) is 0.396. The zero-order valence-electron chi connectivity index (χ0n) is 15.4. The van der Waals surface area contributed by atoms with Crippen molar-refractivity contribution in [3.63, 3.8) is 0 Å². The van der Waals surface area contributed by atoms with E-state index >= 15 is 0 Å². The van der Waals surface area contributed by atoms with Crippen molar-refractivity contribution in [1.82, 2.24) is 4.57 Å². The molecule has 0 fully saturated rings. The summed E-state index contributed by atoms with van der Waals surface area (Å²) < 4.78 is 7.59. The molecule has 4 aromatic rings. The van der Waals surface area contributed by atoms with Crippen molar-refractivity contribution in [2.45, 2.75) is 13.0 Å². The standard InChI is InChI=1S/C23H18ClNO4/c24-19-10-11-20(29-14-16-4-2-1-3-5-16)18-13-25(23(28)22(18)19)17-8-6-15(7-9-17)12-21(26)27/h1-11,13,28H,12,14H2,(H,26,27). The minimum atomic E-state index is -0.890. The smallest absolute Gasteiger partial charge is 0.307 e. The molecular weight excluding hydrogens is 390 g/mol. The normalized spacial score (nSPS) is 10.9. The van der Waals surface area contributed by atoms with Gasteiger partial charge >= 0.3 is 5.97 Å². The number of rotatable bonds is 6. The van der Waals surface area contributed by atoms with Crippen LogP contribution >= 0.6 is 11.6 Å². The SMILES string of the molecule is O=C(O)Cc1ccc(-n2cc3c(OCc4ccccc4)ccc(Cl)c3c2O)cc1. The number of halogens is 1. The fraction of sp³-hybridized carbons (Fsp3) is 0.0870. The highest BCUT2D eigenvalue weighted by Gasteiger charge is 2.17. The first-order valence-electron chi connectivity index (χ1n) is 9.03. The highest BCUT2D eigenvalue weighted by Crippen LogP contribution is 2.40. The molecule has 5 nitrogen and oxygen atoms in total. The second-order valence-corrected chi connectivity index (χ2v) is 7.08. The van der Waals surface area contributed by atoms with E-state index in [9.17, 15) is 9.90 Å². The number of fused-ring (bicyclic) bond motifs is 1. The van der Waals surface area contributed by atoms with Crippen LogP contribution in [-0.4, -0.2) is 20.7 Å². The molecule has 6 heteroatoms. The molecule has 3 aromatic carbocycles. The molecule has 0 unspecified atom stereocenters. The number of aromatic hydroxyl groups is 1. The molecule has 1 heterocycles. The van der Waals surface area contributed by atoms with E-state index in [4.69, 9.17) is 21.4 Å². The van der Waals surface area contributed by atoms with E-state index in [2.05, 4.69) is 0 Å². The van der Waals surface area contributed by atoms with Gasteiger partial charge in [-0.25, -0.2) is 0 Å². The van der Waals surface area contributed by atoms with Crippen LogP contribution in [0.2, 0.25) is 5.02 Å². The first-order chi connectivity index (χ1) is 14.0. The topological polar surface area (TPSA) is 71.7 Å². The Bertz CT molecular complexity index is 1170. The van der Waals surface area contributed by atoms with Gasteiger partial charge in [-0.15, -0.1) is 0 Å². The second-order valence-electron chi connectivity index (χ2n) is 6.67. The molecule has 0 aliphatic carbocycles. The predicted octanol–water partition coefficient (Wildman–Crippen LogP) is 5.20. The minimum Gasteiger partial charge on any atom is -0.494 e. The lowest BCUT2D eigenvalue weighted by molar-refractivity contribution is -0.136. The van der Waals surface area contributed by atoms with Crippen LogP contribution in [0.1, 0.15) is 11.1 Å². The van der Waals surface area contributed by atoms with Crippen LogP contribution < -0.4 is 4.74 Å². The molecule has 0 aliphatic rings. The van der Waals surface area contributed by atoms with Crippen LogP contribution in [0.3, 0.4) is 0 Å². The number of aromatic nitrogens is 1. The Hall–Kier alpha value is -3.44. The van der Waals surface area contributed by atoms with Gasteiger partial charge in [0.05, 0.1) is 16.8 Å². The first-order valence-corrected chi connectivity index (χ1v) is 9.41. The number of carboxylic acid groups (broad SMARTS) is 1. The van der Waals surface area contributed by atoms with Crippen LogP contribution in [-0.2, 0) is 17.8 Å². The highest BCUT2D eigenvalue weighted by atomic mass is 35.5. The van der Waals surface area contributed by atoms with E-state index < -0.39 is 5.97 Å². The maximum atomic E-state index is 10.9. The van der Waals surface area contributed by atoms with Gasteiger partial charge in [0, 0.05) is 17.3 Å². The van der Waals surface area contributed by atoms with E-state index in [1.807, 2.05) is 30.3 Å². The quantitative estimate of drug-likeness (QED) is 0.461. The average molecular weight is 408 g/mol. The van der Waals surface area contributed by atoms with E-state index in [1.54, 1.807) is 47.2 Å². The summed E-state index contributed by atoms with van der Waals surface area (Å²) in [5, 5.41) is 21.3. The summed E-state index contributed by atoms with van der Waals surface area (Å²) in [6.07, 6.45) is 1.71. The fourth-order valence-corrected chi connectivity index (χ4v) is 3.50. The lowest BCUT2D eigenvalue weighted by Gasteiger charge is -2.08. The summed E-state index contributed by atoms with van der Waals surface area (Å²) >= 11 is 6.34. The molecule has 0 saturated carbocycles. The van der Waals surface area contributed by atoms with Crippen LogP contribution in [0.4, 0.5) is 0 Å². The third-order valence-electron chi connectivity index (χ3n) is 4.67. The number of ether oxygens (including phenoxy) is 1. The first kappa shape index (κ1) is 18.9. The second kappa shape index (κ2) is 7.89. The van der Waals surface area contributed by atoms with Crippen molar-refractivity contribution in [3.8, 4) is 17.3 Å². The molecule has 29 heavy (non-hydrogen) atoms. The van der Waals surface area contributed by atoms with E-state index in [0.717, 1.165) is 5.56 Å². The van der Waals surface area contributed by atoms with Crippen molar-refractivity contribution >= 4 is 28.3 Å². The molecule has 0 amide bonds. The summed E-state index contributed by atoms with van der Waals surface area (Å²) in [4.78, 5) is 10.9. The molecule has 0 atom stereocenters. The van der Waals surface area contributed by atoms with E-state index in [-0.39, 0.29) is 12.3 Å². The van der Waals surface area contributed by atoms with Crippen molar-refractivity contribution < 1.29 is 19.7 Å². The van der Waals surface area contributed by atoms with Crippen LogP contribution in [0.25, 0.3) is 16.5 Å². The zero-order chi connectivity index (χ0) is 20.4. The Labute approximate surface area is 172 Å². The van der Waals surface area contributed by atoms with Crippen molar-refractivity contribution in [3.05, 3.63) is 89.1 Å². The zero-order valence-corrected chi connectivity index (χ0v) is 16.1. The van der Waals surface area contributed by atoms with Crippen LogP contribution in [0.5, 0.6) is 11.6 Å². The summed E-state index contributed by atoms with van der Waals surface area (Å²) in [5.41, 5.74) is 2.41. The third-order valence-corrected chi connectivity index (χ3v) is 4.99. The van der Waals surface area contributed by atoms with Gasteiger partial charge in [0.15, 0.2) is 0 Å². The van der Waals surface area contributed by atoms with Gasteiger partial charge in [0.25, 0.3) is 0 Å². The van der Waals surface area contributed by atoms with Crippen molar-refractivity contribution in [1.29, 1.82) is 0 Å². The largest absolute Gasteiger partial charge is 0.494 e. The molecule has 0 bridgehead atoms. The number of carbonyl (C=O) groups is 1. The Balaban J connectivity index is 1.70. The summed E-state index contributed by atoms with van der Waals surface area (Å²) in [5.74, 6) is -0.273. The Morgan fingerprint density at radius 3 is 2.38 bits per heavy atom. The monoisotopic (exact) mass is 407 g/mol. The number of hydrogen-bond acceptors (Lipinski definition) is 3. The van der Waals surface area contributed by atoms with Gasteiger partial charge < -0.3 is 14.9 Å². The van der Waals surface area contributed by atoms with Crippen molar-refractivity contribution in [2.24, 2.45) is 0 Å². The Morgan fingerprint density at radius 2 is 1.69 bits per heavy atom. The number of nitrogens with zero attached hydrogens (tertiary/aromatic N) is 1. The van der Waals surface area contributed by atoms with Crippen LogP contribution in [0.15, 0.2) is 72.9 Å². The van der Waals surface area contributed by atoms with Crippen molar-refractivity contribution in [2.75, 3.05) is 0 Å². The lowest BCUT2D eigenvalue weighted by atomic mass is 10.1. The summed E-state index contributed by atoms with van der Waals surface area (Å²) in [7, 11) is 0. The molecular formula is C23H18ClNO4. The van der Waals surface area contributed by atoms with Gasteiger partial charge in [0.2, 0.25) is 5.88 Å². The average Bonchev–Trinajstić information content (AvgIpc) is 3.07. The Kier molecular flexibility index (Phi) is 5.14. The number of hydrogen-bond donors (Lipinski definition) is 2. The molecule has 0 spiro atoms. The minimum absolute atomic E-state index is 0.00106. The maximum Gasteiger partial charge on any atom is 0.307 e. The number of benzene rings is 3. The molecule has 0 saturated heterocycles. The molecule has 0 radical (unpaired) electrons. The van der Waals surface area contributed by atoms with Gasteiger partial charge in [0.1, 0.15) is 12.4 Å². The number of aliphatic carboxylic acids is 1. The van der Waals surface area contributed by atoms with E-state index in [0.29, 0.717) is 39.4 Å². The fourth-order valence-electron chi connectivity index (χ4n) is 3.25. The van der Waals surface area contributed by atoms with Gasteiger partial charge in [-0.3, -0.25) is 9.36 Å². The molecule has 4 rings (SSSR count). The van der Waals surface area contributed by atoms with Gasteiger partial charge in [-0.1, -0.05) is 54.1 Å². The van der Waals surface area contributed by atoms with Gasteiger partial charge in [-0.05, 0) is 35.4 Å². The number of carboxylic acids is 1. The third kappa shape index (κ3) is 3.91. The van der Waals surface area contributed by atoms with Crippen LogP contribution in [0, 0.1) is 0 Å². The lowest BCUT2D eigenvalue weighted by Crippen LogP contribution is -2.00.